The minimum Gasteiger partial charge on any atom is -0.369 e. The van der Waals surface area contributed by atoms with E-state index in [2.05, 4.69) is 16.9 Å². The summed E-state index contributed by atoms with van der Waals surface area (Å²) >= 11 is 0. The van der Waals surface area contributed by atoms with Crippen molar-refractivity contribution >= 4 is 28.5 Å². The average molecular weight is 356 g/mol. The van der Waals surface area contributed by atoms with Crippen LogP contribution in [0, 0.1) is 5.92 Å². The van der Waals surface area contributed by atoms with Crippen LogP contribution in [0.1, 0.15) is 45.7 Å². The number of rotatable bonds is 6. The van der Waals surface area contributed by atoms with Crippen LogP contribution in [0.5, 0.6) is 0 Å². The van der Waals surface area contributed by atoms with Crippen molar-refractivity contribution in [1.82, 2.24) is 9.88 Å². The number of nitrogens with zero attached hydrogens (tertiary/aromatic N) is 1. The molecule has 0 atom stereocenters. The molecule has 1 aliphatic heterocycles. The summed E-state index contributed by atoms with van der Waals surface area (Å²) in [6.07, 6.45) is 2.48. The Bertz CT molecular complexity index is 863. The van der Waals surface area contributed by atoms with Gasteiger partial charge in [0.1, 0.15) is 0 Å². The number of nitrogens with one attached hydrogen (secondary N) is 1. The van der Waals surface area contributed by atoms with E-state index >= 15 is 0 Å². The molecule has 1 fully saturated rings. The Morgan fingerprint density at radius 3 is 2.50 bits per heavy atom. The van der Waals surface area contributed by atoms with E-state index in [9.17, 15) is 14.4 Å². The zero-order chi connectivity index (χ0) is 18.8. The summed E-state index contributed by atoms with van der Waals surface area (Å²) in [5.41, 5.74) is 12.5. The number of benzene rings is 1. The Hall–Kier alpha value is -2.67. The predicted octanol–water partition coefficient (Wildman–Crippen LogP) is 1.21. The van der Waals surface area contributed by atoms with Gasteiger partial charge in [0.05, 0.1) is 12.0 Å². The van der Waals surface area contributed by atoms with Gasteiger partial charge in [-0.05, 0) is 45.0 Å². The molecular weight excluding hydrogens is 332 g/mol. The number of hydrogen-bond donors (Lipinski definition) is 3. The summed E-state index contributed by atoms with van der Waals surface area (Å²) in [4.78, 5) is 40.9. The van der Waals surface area contributed by atoms with Gasteiger partial charge in [-0.3, -0.25) is 14.4 Å². The molecule has 0 aliphatic carbocycles. The van der Waals surface area contributed by atoms with Gasteiger partial charge in [0, 0.05) is 28.6 Å². The second kappa shape index (κ2) is 7.29. The number of H-pyrrole nitrogens is 1. The van der Waals surface area contributed by atoms with Crippen molar-refractivity contribution in [3.8, 4) is 0 Å². The lowest BCUT2D eigenvalue weighted by atomic mass is 9.90. The van der Waals surface area contributed by atoms with Gasteiger partial charge in [0.2, 0.25) is 5.91 Å². The molecule has 0 bridgehead atoms. The van der Waals surface area contributed by atoms with Gasteiger partial charge in [0.15, 0.2) is 5.78 Å². The molecule has 3 rings (SSSR count). The Kier molecular flexibility index (Phi) is 5.08. The molecule has 26 heavy (non-hydrogen) atoms. The third-order valence-corrected chi connectivity index (χ3v) is 5.11. The number of nitrogens with two attached hydrogens (primary N) is 2. The third kappa shape index (κ3) is 3.77. The van der Waals surface area contributed by atoms with Crippen LogP contribution in [0.3, 0.4) is 0 Å². The van der Waals surface area contributed by atoms with E-state index in [1.165, 1.54) is 0 Å². The maximum Gasteiger partial charge on any atom is 0.251 e. The molecule has 1 saturated heterocycles. The van der Waals surface area contributed by atoms with Crippen molar-refractivity contribution in [2.75, 3.05) is 20.1 Å². The van der Waals surface area contributed by atoms with E-state index < -0.39 is 11.8 Å². The van der Waals surface area contributed by atoms with Crippen LogP contribution in [-0.4, -0.2) is 47.6 Å². The number of likely N-dealkylation sites (tertiary alicyclic amines) is 1. The Morgan fingerprint density at radius 1 is 1.19 bits per heavy atom. The van der Waals surface area contributed by atoms with Gasteiger partial charge in [0.25, 0.3) is 5.91 Å². The molecule has 5 N–H and O–H groups in total. The lowest BCUT2D eigenvalue weighted by molar-refractivity contribution is -0.117. The van der Waals surface area contributed by atoms with Crippen LogP contribution in [0.4, 0.5) is 0 Å². The highest BCUT2D eigenvalue weighted by Crippen LogP contribution is 2.26. The number of ketones is 1. The monoisotopic (exact) mass is 356 g/mol. The third-order valence-electron chi connectivity index (χ3n) is 5.11. The Labute approximate surface area is 151 Å². The number of primary amides is 2. The first-order valence-electron chi connectivity index (χ1n) is 8.79. The summed E-state index contributed by atoms with van der Waals surface area (Å²) in [6, 6.07) is 5.15. The summed E-state index contributed by atoms with van der Waals surface area (Å²) in [7, 11) is 2.09. The molecule has 1 aromatic heterocycles. The van der Waals surface area contributed by atoms with E-state index in [0.717, 1.165) is 25.9 Å². The van der Waals surface area contributed by atoms with Crippen LogP contribution >= 0.6 is 0 Å². The number of fused-ring (bicyclic) bond motifs is 1. The van der Waals surface area contributed by atoms with E-state index in [1.54, 1.807) is 18.2 Å². The molecule has 2 heterocycles. The minimum absolute atomic E-state index is 0.0909. The van der Waals surface area contributed by atoms with Gasteiger partial charge in [-0.1, -0.05) is 12.1 Å². The number of piperidine rings is 1. The molecule has 138 valence electrons. The summed E-state index contributed by atoms with van der Waals surface area (Å²) in [5.74, 6) is -0.687. The first kappa shape index (κ1) is 18.1. The Balaban J connectivity index is 1.85. The molecule has 7 heteroatoms. The zero-order valence-electron chi connectivity index (χ0n) is 14.9. The number of amides is 2. The molecule has 2 amide bonds. The highest BCUT2D eigenvalue weighted by atomic mass is 16.1. The first-order chi connectivity index (χ1) is 12.3. The fraction of sp³-hybridized carbons (Fsp3) is 0.421. The standard InChI is InChI=1S/C19H24N4O3/c1-23-6-4-11(5-7-23)8-16(24)12-2-3-13-14(9-12)22-15(10-17(20)25)18(13)19(21)26/h2-3,9,11,22H,4-8,10H2,1H3,(H2,20,25)(H2,21,26). The SMILES string of the molecule is CN1CCC(CC(=O)c2ccc3c(C(N)=O)c(CC(N)=O)[nH]c3c2)CC1. The quantitative estimate of drug-likeness (QED) is 0.673. The fourth-order valence-corrected chi connectivity index (χ4v) is 3.66. The van der Waals surface area contributed by atoms with Gasteiger partial charge < -0.3 is 21.4 Å². The van der Waals surface area contributed by atoms with Crippen LogP contribution < -0.4 is 11.5 Å². The van der Waals surface area contributed by atoms with E-state index in [4.69, 9.17) is 11.5 Å². The topological polar surface area (TPSA) is 122 Å². The molecule has 0 saturated carbocycles. The fourth-order valence-electron chi connectivity index (χ4n) is 3.66. The van der Waals surface area contributed by atoms with Crippen molar-refractivity contribution in [3.05, 3.63) is 35.0 Å². The average Bonchev–Trinajstić information content (AvgIpc) is 2.93. The number of carbonyl (C=O) groups is 3. The molecule has 0 unspecified atom stereocenters. The number of Topliss-reactive ketones (excluding diaryl/α,β-unsaturated/α-hetero) is 1. The first-order valence-corrected chi connectivity index (χ1v) is 8.79. The number of hydrogen-bond acceptors (Lipinski definition) is 4. The smallest absolute Gasteiger partial charge is 0.251 e. The number of aromatic amines is 1. The normalized spacial score (nSPS) is 16.0. The number of aromatic nitrogens is 1. The summed E-state index contributed by atoms with van der Waals surface area (Å²) in [6.45, 7) is 2.04. The van der Waals surface area contributed by atoms with E-state index in [1.807, 2.05) is 0 Å². The van der Waals surface area contributed by atoms with Crippen molar-refractivity contribution in [1.29, 1.82) is 0 Å². The molecular formula is C19H24N4O3. The molecule has 0 spiro atoms. The van der Waals surface area contributed by atoms with Crippen molar-refractivity contribution < 1.29 is 14.4 Å². The van der Waals surface area contributed by atoms with Gasteiger partial charge in [-0.2, -0.15) is 0 Å². The zero-order valence-corrected chi connectivity index (χ0v) is 14.9. The molecule has 7 nitrogen and oxygen atoms in total. The predicted molar refractivity (Wildman–Crippen MR) is 98.9 cm³/mol. The largest absolute Gasteiger partial charge is 0.369 e. The second-order valence-electron chi connectivity index (χ2n) is 7.12. The summed E-state index contributed by atoms with van der Waals surface area (Å²) < 4.78 is 0. The highest BCUT2D eigenvalue weighted by molar-refractivity contribution is 6.09. The van der Waals surface area contributed by atoms with Gasteiger partial charge in [-0.25, -0.2) is 0 Å². The van der Waals surface area contributed by atoms with Gasteiger partial charge in [-0.15, -0.1) is 0 Å². The molecule has 2 aromatic rings. The minimum atomic E-state index is -0.627. The van der Waals surface area contributed by atoms with Crippen LogP contribution in [0.2, 0.25) is 0 Å². The van der Waals surface area contributed by atoms with E-state index in [0.29, 0.717) is 34.5 Å². The van der Waals surface area contributed by atoms with Crippen molar-refractivity contribution in [2.24, 2.45) is 17.4 Å². The van der Waals surface area contributed by atoms with Crippen LogP contribution in [0.25, 0.3) is 10.9 Å². The lowest BCUT2D eigenvalue weighted by Crippen LogP contribution is -2.31. The van der Waals surface area contributed by atoms with Crippen molar-refractivity contribution in [2.45, 2.75) is 25.7 Å². The lowest BCUT2D eigenvalue weighted by Gasteiger charge is -2.28. The summed E-state index contributed by atoms with van der Waals surface area (Å²) in [5, 5.41) is 0.601. The molecule has 0 radical (unpaired) electrons. The van der Waals surface area contributed by atoms with E-state index in [-0.39, 0.29) is 17.8 Å². The van der Waals surface area contributed by atoms with Crippen molar-refractivity contribution in [3.63, 3.8) is 0 Å². The maximum absolute atomic E-state index is 12.6. The Morgan fingerprint density at radius 2 is 1.88 bits per heavy atom. The maximum atomic E-state index is 12.6. The van der Waals surface area contributed by atoms with Gasteiger partial charge >= 0.3 is 0 Å². The second-order valence-corrected chi connectivity index (χ2v) is 7.12. The molecule has 1 aliphatic rings. The highest BCUT2D eigenvalue weighted by Gasteiger charge is 2.22. The molecule has 1 aromatic carbocycles. The van der Waals surface area contributed by atoms with Crippen LogP contribution in [-0.2, 0) is 11.2 Å². The number of carbonyl (C=O) groups excluding carboxylic acids is 3. The van der Waals surface area contributed by atoms with Crippen LogP contribution in [0.15, 0.2) is 18.2 Å².